The zero-order valence-electron chi connectivity index (χ0n) is 14.7. The largest absolute Gasteiger partial charge is 0.444 e. The Labute approximate surface area is 138 Å². The number of hydrogen-bond donors (Lipinski definition) is 1. The van der Waals surface area contributed by atoms with Gasteiger partial charge in [-0.3, -0.25) is 5.32 Å². The number of alkyl carbamates (subject to hydrolysis) is 1. The number of rotatable bonds is 4. The van der Waals surface area contributed by atoms with Gasteiger partial charge in [-0.15, -0.1) is 0 Å². The Morgan fingerprint density at radius 3 is 2.04 bits per heavy atom. The summed E-state index contributed by atoms with van der Waals surface area (Å²) in [5.74, 6) is 0. The Morgan fingerprint density at radius 1 is 1.13 bits per heavy atom. The minimum atomic E-state index is -4.00. The van der Waals surface area contributed by atoms with E-state index >= 15 is 0 Å². The molecule has 1 unspecified atom stereocenters. The molecule has 0 spiro atoms. The standard InChI is InChI=1S/C16H25NO5S/c1-10-8-11(2)14(12(3)9-10)23(19,20)22-13(4)17-15(18)21-16(5,6)7/h8-9,13H,1-7H3,(H,17,18). The van der Waals surface area contributed by atoms with E-state index in [1.165, 1.54) is 6.92 Å². The van der Waals surface area contributed by atoms with Crippen molar-refractivity contribution < 1.29 is 22.1 Å². The van der Waals surface area contributed by atoms with E-state index in [-0.39, 0.29) is 4.90 Å². The highest BCUT2D eigenvalue weighted by Gasteiger charge is 2.25. The minimum Gasteiger partial charge on any atom is -0.444 e. The molecule has 1 amide bonds. The van der Waals surface area contributed by atoms with Gasteiger partial charge in [-0.25, -0.2) is 8.98 Å². The van der Waals surface area contributed by atoms with Gasteiger partial charge in [0, 0.05) is 0 Å². The number of carbonyl (C=O) groups is 1. The van der Waals surface area contributed by atoms with Crippen LogP contribution in [0.3, 0.4) is 0 Å². The van der Waals surface area contributed by atoms with E-state index < -0.39 is 28.0 Å². The van der Waals surface area contributed by atoms with Gasteiger partial charge >= 0.3 is 6.09 Å². The summed E-state index contributed by atoms with van der Waals surface area (Å²) in [5, 5.41) is 2.35. The monoisotopic (exact) mass is 343 g/mol. The second kappa shape index (κ2) is 6.88. The molecule has 1 rings (SSSR count). The molecule has 7 heteroatoms. The molecule has 0 radical (unpaired) electrons. The smallest absolute Gasteiger partial charge is 0.409 e. The van der Waals surface area contributed by atoms with Gasteiger partial charge in [0.25, 0.3) is 10.1 Å². The van der Waals surface area contributed by atoms with E-state index in [1.54, 1.807) is 46.8 Å². The van der Waals surface area contributed by atoms with Crippen molar-refractivity contribution in [2.75, 3.05) is 0 Å². The van der Waals surface area contributed by atoms with E-state index in [4.69, 9.17) is 8.92 Å². The van der Waals surface area contributed by atoms with Gasteiger partial charge in [-0.05, 0) is 59.6 Å². The number of amides is 1. The lowest BCUT2D eigenvalue weighted by Gasteiger charge is -2.22. The summed E-state index contributed by atoms with van der Waals surface area (Å²) in [7, 11) is -4.00. The zero-order valence-corrected chi connectivity index (χ0v) is 15.5. The molecule has 23 heavy (non-hydrogen) atoms. The molecule has 1 atom stereocenters. The number of benzene rings is 1. The Balaban J connectivity index is 2.89. The number of aryl methyl sites for hydroxylation is 3. The van der Waals surface area contributed by atoms with Crippen LogP contribution in [0.2, 0.25) is 0 Å². The van der Waals surface area contributed by atoms with E-state index in [9.17, 15) is 13.2 Å². The number of hydrogen-bond acceptors (Lipinski definition) is 5. The molecule has 6 nitrogen and oxygen atoms in total. The molecular weight excluding hydrogens is 318 g/mol. The van der Waals surface area contributed by atoms with Crippen molar-refractivity contribution in [3.8, 4) is 0 Å². The number of ether oxygens (including phenoxy) is 1. The first-order valence-corrected chi connectivity index (χ1v) is 8.73. The number of carbonyl (C=O) groups excluding carboxylic acids is 1. The second-order valence-electron chi connectivity index (χ2n) is 6.57. The van der Waals surface area contributed by atoms with E-state index in [2.05, 4.69) is 5.32 Å². The maximum absolute atomic E-state index is 12.4. The van der Waals surface area contributed by atoms with Gasteiger partial charge < -0.3 is 4.74 Å². The maximum atomic E-state index is 12.4. The van der Waals surface area contributed by atoms with Gasteiger partial charge in [-0.1, -0.05) is 17.7 Å². The van der Waals surface area contributed by atoms with Crippen LogP contribution in [0.1, 0.15) is 44.4 Å². The van der Waals surface area contributed by atoms with Crippen LogP contribution in [0.4, 0.5) is 4.79 Å². The highest BCUT2D eigenvalue weighted by Crippen LogP contribution is 2.24. The summed E-state index contributed by atoms with van der Waals surface area (Å²) in [5.41, 5.74) is 1.50. The molecule has 1 aromatic carbocycles. The molecule has 0 aliphatic rings. The van der Waals surface area contributed by atoms with Crippen LogP contribution in [0.15, 0.2) is 17.0 Å². The van der Waals surface area contributed by atoms with Crippen LogP contribution in [0.25, 0.3) is 0 Å². The predicted molar refractivity (Wildman–Crippen MR) is 87.8 cm³/mol. The molecule has 0 saturated heterocycles. The summed E-state index contributed by atoms with van der Waals surface area (Å²) in [6.07, 6.45) is -1.78. The van der Waals surface area contributed by atoms with Crippen molar-refractivity contribution in [1.82, 2.24) is 5.32 Å². The van der Waals surface area contributed by atoms with Crippen LogP contribution in [0, 0.1) is 20.8 Å². The third-order valence-electron chi connectivity index (χ3n) is 2.85. The molecule has 0 aliphatic carbocycles. The molecule has 0 bridgehead atoms. The quantitative estimate of drug-likeness (QED) is 0.671. The van der Waals surface area contributed by atoms with Crippen molar-refractivity contribution in [2.45, 2.75) is 65.2 Å². The molecule has 0 heterocycles. The predicted octanol–water partition coefficient (Wildman–Crippen LogP) is 3.19. The molecule has 130 valence electrons. The van der Waals surface area contributed by atoms with E-state index in [0.717, 1.165) is 5.56 Å². The highest BCUT2D eigenvalue weighted by molar-refractivity contribution is 7.86. The van der Waals surface area contributed by atoms with Gasteiger partial charge in [0.2, 0.25) is 0 Å². The molecule has 1 N–H and O–H groups in total. The summed E-state index contributed by atoms with van der Waals surface area (Å²) in [6.45, 7) is 11.9. The van der Waals surface area contributed by atoms with Crippen LogP contribution in [0.5, 0.6) is 0 Å². The third kappa shape index (κ3) is 5.84. The first-order valence-electron chi connectivity index (χ1n) is 7.32. The first kappa shape index (κ1) is 19.4. The fourth-order valence-corrected chi connectivity index (χ4v) is 3.73. The normalized spacial score (nSPS) is 13.5. The van der Waals surface area contributed by atoms with Crippen molar-refractivity contribution in [3.63, 3.8) is 0 Å². The van der Waals surface area contributed by atoms with Crippen LogP contribution in [-0.4, -0.2) is 26.3 Å². The fourth-order valence-electron chi connectivity index (χ4n) is 2.30. The van der Waals surface area contributed by atoms with Crippen molar-refractivity contribution >= 4 is 16.2 Å². The van der Waals surface area contributed by atoms with Crippen LogP contribution < -0.4 is 5.32 Å². The molecule has 0 aromatic heterocycles. The average Bonchev–Trinajstić information content (AvgIpc) is 2.21. The minimum absolute atomic E-state index is 0.126. The summed E-state index contributed by atoms with van der Waals surface area (Å²) in [4.78, 5) is 11.8. The second-order valence-corrected chi connectivity index (χ2v) is 8.08. The maximum Gasteiger partial charge on any atom is 0.409 e. The molecule has 0 saturated carbocycles. The van der Waals surface area contributed by atoms with Gasteiger partial charge in [0.1, 0.15) is 11.8 Å². The summed E-state index contributed by atoms with van der Waals surface area (Å²) < 4.78 is 35.0. The third-order valence-corrected chi connectivity index (χ3v) is 4.53. The molecule has 0 aliphatic heterocycles. The van der Waals surface area contributed by atoms with Crippen molar-refractivity contribution in [3.05, 3.63) is 28.8 Å². The van der Waals surface area contributed by atoms with Gasteiger partial charge in [0.15, 0.2) is 0 Å². The molecular formula is C16H25NO5S. The Morgan fingerprint density at radius 2 is 1.61 bits per heavy atom. The summed E-state index contributed by atoms with van der Waals surface area (Å²) >= 11 is 0. The van der Waals surface area contributed by atoms with E-state index in [0.29, 0.717) is 11.1 Å². The van der Waals surface area contributed by atoms with Crippen molar-refractivity contribution in [2.24, 2.45) is 0 Å². The van der Waals surface area contributed by atoms with Crippen LogP contribution in [-0.2, 0) is 19.0 Å². The highest BCUT2D eigenvalue weighted by atomic mass is 32.2. The van der Waals surface area contributed by atoms with E-state index in [1.807, 2.05) is 6.92 Å². The lowest BCUT2D eigenvalue weighted by molar-refractivity contribution is 0.0422. The van der Waals surface area contributed by atoms with Crippen molar-refractivity contribution in [1.29, 1.82) is 0 Å². The van der Waals surface area contributed by atoms with Gasteiger partial charge in [0.05, 0.1) is 4.90 Å². The molecule has 1 aromatic rings. The topological polar surface area (TPSA) is 81.7 Å². The Kier molecular flexibility index (Phi) is 5.82. The lowest BCUT2D eigenvalue weighted by Crippen LogP contribution is -2.40. The first-order chi connectivity index (χ1) is 10.3. The average molecular weight is 343 g/mol. The fraction of sp³-hybridized carbons (Fsp3) is 0.562. The summed E-state index contributed by atoms with van der Waals surface area (Å²) in [6, 6.07) is 3.55. The molecule has 0 fully saturated rings. The Hall–Kier alpha value is -1.60. The zero-order chi connectivity index (χ0) is 18.0. The van der Waals surface area contributed by atoms with Crippen LogP contribution >= 0.6 is 0 Å². The Bertz CT molecular complexity index is 666. The lowest BCUT2D eigenvalue weighted by atomic mass is 10.1. The SMILES string of the molecule is Cc1cc(C)c(S(=O)(=O)OC(C)NC(=O)OC(C)(C)C)c(C)c1. The number of nitrogens with one attached hydrogen (secondary N) is 1. The van der Waals surface area contributed by atoms with Gasteiger partial charge in [-0.2, -0.15) is 8.42 Å².